The van der Waals surface area contributed by atoms with E-state index in [0.717, 1.165) is 17.1 Å². The SMILES string of the molecule is Cc1ccccc1N(C)c1cccc(C(N)=NO)n1. The molecule has 0 aliphatic heterocycles. The number of nitrogens with two attached hydrogens (primary N) is 1. The van der Waals surface area contributed by atoms with Crippen molar-refractivity contribution in [2.24, 2.45) is 10.9 Å². The molecule has 0 fully saturated rings. The van der Waals surface area contributed by atoms with Gasteiger partial charge in [0, 0.05) is 12.7 Å². The molecule has 19 heavy (non-hydrogen) atoms. The van der Waals surface area contributed by atoms with E-state index in [9.17, 15) is 0 Å². The lowest BCUT2D eigenvalue weighted by Crippen LogP contribution is -2.18. The molecular formula is C14H16N4O. The van der Waals surface area contributed by atoms with Gasteiger partial charge in [-0.1, -0.05) is 29.4 Å². The van der Waals surface area contributed by atoms with E-state index in [4.69, 9.17) is 10.9 Å². The highest BCUT2D eigenvalue weighted by Gasteiger charge is 2.09. The first-order valence-electron chi connectivity index (χ1n) is 5.88. The van der Waals surface area contributed by atoms with Crippen LogP contribution in [0.25, 0.3) is 0 Å². The van der Waals surface area contributed by atoms with Gasteiger partial charge in [0.1, 0.15) is 11.5 Å². The van der Waals surface area contributed by atoms with Crippen molar-refractivity contribution in [3.63, 3.8) is 0 Å². The molecule has 0 unspecified atom stereocenters. The molecule has 2 rings (SSSR count). The fourth-order valence-corrected chi connectivity index (χ4v) is 1.87. The lowest BCUT2D eigenvalue weighted by atomic mass is 10.2. The van der Waals surface area contributed by atoms with E-state index in [2.05, 4.69) is 10.1 Å². The molecule has 1 aromatic carbocycles. The number of benzene rings is 1. The molecule has 0 radical (unpaired) electrons. The molecule has 0 bridgehead atoms. The van der Waals surface area contributed by atoms with Crippen LogP contribution in [0.3, 0.4) is 0 Å². The monoisotopic (exact) mass is 256 g/mol. The molecule has 0 amide bonds. The van der Waals surface area contributed by atoms with Gasteiger partial charge in [0.15, 0.2) is 5.84 Å². The highest BCUT2D eigenvalue weighted by atomic mass is 16.4. The summed E-state index contributed by atoms with van der Waals surface area (Å²) in [5.74, 6) is 0.735. The number of amidine groups is 1. The molecule has 0 spiro atoms. The van der Waals surface area contributed by atoms with Gasteiger partial charge in [0.05, 0.1) is 0 Å². The lowest BCUT2D eigenvalue weighted by Gasteiger charge is -2.20. The van der Waals surface area contributed by atoms with Gasteiger partial charge in [0.2, 0.25) is 0 Å². The first-order valence-corrected chi connectivity index (χ1v) is 5.88. The molecule has 0 saturated carbocycles. The molecule has 98 valence electrons. The molecule has 0 aliphatic carbocycles. The largest absolute Gasteiger partial charge is 0.409 e. The zero-order valence-electron chi connectivity index (χ0n) is 10.9. The quantitative estimate of drug-likeness (QED) is 0.382. The van der Waals surface area contributed by atoms with Gasteiger partial charge in [-0.05, 0) is 30.7 Å². The maximum absolute atomic E-state index is 8.69. The minimum absolute atomic E-state index is 0.0000311. The van der Waals surface area contributed by atoms with Gasteiger partial charge in [-0.15, -0.1) is 0 Å². The Bertz CT molecular complexity index is 610. The van der Waals surface area contributed by atoms with Crippen LogP contribution < -0.4 is 10.6 Å². The molecule has 2 aromatic rings. The first kappa shape index (κ1) is 12.9. The number of anilines is 2. The number of nitrogens with zero attached hydrogens (tertiary/aromatic N) is 3. The highest BCUT2D eigenvalue weighted by Crippen LogP contribution is 2.24. The zero-order chi connectivity index (χ0) is 13.8. The van der Waals surface area contributed by atoms with E-state index >= 15 is 0 Å². The number of rotatable bonds is 3. The molecular weight excluding hydrogens is 240 g/mol. The zero-order valence-corrected chi connectivity index (χ0v) is 10.9. The van der Waals surface area contributed by atoms with Crippen molar-refractivity contribution in [2.45, 2.75) is 6.92 Å². The average Bonchev–Trinajstić information content (AvgIpc) is 2.46. The van der Waals surface area contributed by atoms with Gasteiger partial charge in [-0.3, -0.25) is 0 Å². The molecule has 0 atom stereocenters. The second kappa shape index (κ2) is 5.39. The third-order valence-electron chi connectivity index (χ3n) is 2.93. The Morgan fingerprint density at radius 2 is 1.95 bits per heavy atom. The Morgan fingerprint density at radius 1 is 1.21 bits per heavy atom. The highest BCUT2D eigenvalue weighted by molar-refractivity contribution is 5.95. The first-order chi connectivity index (χ1) is 9.13. The number of oxime groups is 1. The van der Waals surface area contributed by atoms with E-state index in [1.165, 1.54) is 0 Å². The number of aromatic nitrogens is 1. The third kappa shape index (κ3) is 2.65. The number of hydrogen-bond acceptors (Lipinski definition) is 4. The Balaban J connectivity index is 2.40. The van der Waals surface area contributed by atoms with Crippen LogP contribution in [0, 0.1) is 6.92 Å². The summed E-state index contributed by atoms with van der Waals surface area (Å²) in [6.07, 6.45) is 0. The van der Waals surface area contributed by atoms with Crippen molar-refractivity contribution < 1.29 is 5.21 Å². The summed E-state index contributed by atoms with van der Waals surface area (Å²) in [6, 6.07) is 13.4. The van der Waals surface area contributed by atoms with Crippen molar-refractivity contribution in [3.05, 3.63) is 53.7 Å². The van der Waals surface area contributed by atoms with Crippen molar-refractivity contribution in [1.82, 2.24) is 4.98 Å². The van der Waals surface area contributed by atoms with Crippen LogP contribution in [-0.2, 0) is 0 Å². The van der Waals surface area contributed by atoms with Crippen LogP contribution in [0.15, 0.2) is 47.6 Å². The van der Waals surface area contributed by atoms with E-state index in [1.807, 2.05) is 55.3 Å². The van der Waals surface area contributed by atoms with E-state index < -0.39 is 0 Å². The summed E-state index contributed by atoms with van der Waals surface area (Å²) >= 11 is 0. The van der Waals surface area contributed by atoms with Gasteiger partial charge in [-0.25, -0.2) is 4.98 Å². The summed E-state index contributed by atoms with van der Waals surface area (Å²) in [7, 11) is 1.93. The standard InChI is InChI=1S/C14H16N4O/c1-10-6-3-4-8-12(10)18(2)13-9-5-7-11(16-13)14(15)17-19/h3-9,19H,1-2H3,(H2,15,17). The Kier molecular flexibility index (Phi) is 3.66. The maximum Gasteiger partial charge on any atom is 0.188 e. The topological polar surface area (TPSA) is 74.7 Å². The summed E-state index contributed by atoms with van der Waals surface area (Å²) in [4.78, 5) is 6.33. The Morgan fingerprint density at radius 3 is 2.63 bits per heavy atom. The van der Waals surface area contributed by atoms with E-state index in [1.54, 1.807) is 6.07 Å². The van der Waals surface area contributed by atoms with Crippen LogP contribution in [0.5, 0.6) is 0 Å². The van der Waals surface area contributed by atoms with Crippen LogP contribution in [0.2, 0.25) is 0 Å². The fraction of sp³-hybridized carbons (Fsp3) is 0.143. The minimum Gasteiger partial charge on any atom is -0.409 e. The molecule has 1 aromatic heterocycles. The maximum atomic E-state index is 8.69. The summed E-state index contributed by atoms with van der Waals surface area (Å²) in [6.45, 7) is 2.04. The predicted octanol–water partition coefficient (Wildman–Crippen LogP) is 2.25. The van der Waals surface area contributed by atoms with Crippen molar-refractivity contribution in [1.29, 1.82) is 0 Å². The normalized spacial score (nSPS) is 11.4. The number of hydrogen-bond donors (Lipinski definition) is 2. The van der Waals surface area contributed by atoms with E-state index in [0.29, 0.717) is 5.69 Å². The molecule has 3 N–H and O–H groups in total. The average molecular weight is 256 g/mol. The van der Waals surface area contributed by atoms with Crippen LogP contribution in [0.4, 0.5) is 11.5 Å². The smallest absolute Gasteiger partial charge is 0.188 e. The number of aryl methyl sites for hydroxylation is 1. The number of para-hydroxylation sites is 1. The summed E-state index contributed by atoms with van der Waals surface area (Å²) in [5.41, 5.74) is 8.21. The van der Waals surface area contributed by atoms with Crippen LogP contribution >= 0.6 is 0 Å². The summed E-state index contributed by atoms with van der Waals surface area (Å²) in [5, 5.41) is 11.7. The third-order valence-corrected chi connectivity index (χ3v) is 2.93. The minimum atomic E-state index is 0.0000311. The van der Waals surface area contributed by atoms with Gasteiger partial charge < -0.3 is 15.8 Å². The fourth-order valence-electron chi connectivity index (χ4n) is 1.87. The van der Waals surface area contributed by atoms with Gasteiger partial charge >= 0.3 is 0 Å². The summed E-state index contributed by atoms with van der Waals surface area (Å²) < 4.78 is 0. The van der Waals surface area contributed by atoms with Crippen LogP contribution in [-0.4, -0.2) is 23.1 Å². The molecule has 0 saturated heterocycles. The molecule has 5 nitrogen and oxygen atoms in total. The van der Waals surface area contributed by atoms with Crippen molar-refractivity contribution in [2.75, 3.05) is 11.9 Å². The number of pyridine rings is 1. The molecule has 5 heteroatoms. The predicted molar refractivity (Wildman–Crippen MR) is 76.0 cm³/mol. The second-order valence-electron chi connectivity index (χ2n) is 4.21. The molecule has 0 aliphatic rings. The molecule has 1 heterocycles. The Labute approximate surface area is 112 Å². The van der Waals surface area contributed by atoms with Crippen molar-refractivity contribution in [3.8, 4) is 0 Å². The van der Waals surface area contributed by atoms with Gasteiger partial charge in [0.25, 0.3) is 0 Å². The van der Waals surface area contributed by atoms with Crippen molar-refractivity contribution >= 4 is 17.3 Å². The van der Waals surface area contributed by atoms with Crippen LogP contribution in [0.1, 0.15) is 11.3 Å². The van der Waals surface area contributed by atoms with Gasteiger partial charge in [-0.2, -0.15) is 0 Å². The Hall–Kier alpha value is -2.56. The van der Waals surface area contributed by atoms with E-state index in [-0.39, 0.29) is 5.84 Å². The second-order valence-corrected chi connectivity index (χ2v) is 4.21. The lowest BCUT2D eigenvalue weighted by molar-refractivity contribution is 0.318.